The van der Waals surface area contributed by atoms with E-state index in [1.165, 1.54) is 0 Å². The van der Waals surface area contributed by atoms with Crippen molar-refractivity contribution in [1.29, 1.82) is 0 Å². The number of benzene rings is 1. The Labute approximate surface area is 142 Å². The summed E-state index contributed by atoms with van der Waals surface area (Å²) in [6.07, 6.45) is 0. The number of piperazine rings is 1. The van der Waals surface area contributed by atoms with Crippen molar-refractivity contribution in [3.05, 3.63) is 41.2 Å². The van der Waals surface area contributed by atoms with Crippen LogP contribution in [-0.4, -0.2) is 47.6 Å². The van der Waals surface area contributed by atoms with Gasteiger partial charge >= 0.3 is 0 Å². The van der Waals surface area contributed by atoms with Crippen molar-refractivity contribution < 1.29 is 0 Å². The minimum absolute atomic E-state index is 0.682. The van der Waals surface area contributed by atoms with Gasteiger partial charge in [0.1, 0.15) is 17.5 Å². The van der Waals surface area contributed by atoms with Gasteiger partial charge in [-0.25, -0.2) is 9.97 Å². The summed E-state index contributed by atoms with van der Waals surface area (Å²) in [5, 5.41) is 3.97. The van der Waals surface area contributed by atoms with Crippen LogP contribution in [0, 0.1) is 6.92 Å². The first-order valence-corrected chi connectivity index (χ1v) is 8.38. The third-order valence-corrected chi connectivity index (χ3v) is 4.43. The van der Waals surface area contributed by atoms with Crippen LogP contribution in [0.3, 0.4) is 0 Å². The van der Waals surface area contributed by atoms with Gasteiger partial charge in [0.05, 0.1) is 10.7 Å². The summed E-state index contributed by atoms with van der Waals surface area (Å²) in [6, 6.07) is 9.67. The number of hydrogen-bond acceptors (Lipinski definition) is 5. The van der Waals surface area contributed by atoms with E-state index in [1.54, 1.807) is 0 Å². The number of para-hydroxylation sites is 1. The van der Waals surface area contributed by atoms with Gasteiger partial charge in [0.25, 0.3) is 0 Å². The van der Waals surface area contributed by atoms with Crippen LogP contribution in [0.25, 0.3) is 0 Å². The Kier molecular flexibility index (Phi) is 4.98. The average molecular weight is 332 g/mol. The molecule has 3 rings (SSSR count). The van der Waals surface area contributed by atoms with Gasteiger partial charge < -0.3 is 15.1 Å². The Hall–Kier alpha value is -1.85. The highest BCUT2D eigenvalue weighted by Crippen LogP contribution is 2.26. The molecule has 1 aromatic heterocycles. The minimum atomic E-state index is 0.682. The number of likely N-dealkylation sites (N-methyl/N-ethyl adjacent to an activating group) is 1. The molecule has 2 heterocycles. The number of rotatable bonds is 4. The fourth-order valence-electron chi connectivity index (χ4n) is 2.77. The van der Waals surface area contributed by atoms with Gasteiger partial charge in [-0.05, 0) is 25.6 Å². The maximum absolute atomic E-state index is 6.21. The van der Waals surface area contributed by atoms with Crippen LogP contribution in [0.15, 0.2) is 30.3 Å². The molecule has 1 aliphatic rings. The van der Waals surface area contributed by atoms with Gasteiger partial charge in [-0.15, -0.1) is 0 Å². The molecule has 23 heavy (non-hydrogen) atoms. The van der Waals surface area contributed by atoms with E-state index < -0.39 is 0 Å². The van der Waals surface area contributed by atoms with Gasteiger partial charge in [-0.3, -0.25) is 0 Å². The van der Waals surface area contributed by atoms with E-state index in [1.807, 2.05) is 37.3 Å². The Bertz CT molecular complexity index is 668. The largest absolute Gasteiger partial charge is 0.354 e. The van der Waals surface area contributed by atoms with Gasteiger partial charge in [-0.1, -0.05) is 30.7 Å². The molecule has 0 spiro atoms. The highest BCUT2D eigenvalue weighted by Gasteiger charge is 2.18. The summed E-state index contributed by atoms with van der Waals surface area (Å²) < 4.78 is 0. The maximum atomic E-state index is 6.21. The topological polar surface area (TPSA) is 44.3 Å². The lowest BCUT2D eigenvalue weighted by molar-refractivity contribution is 0.270. The molecule has 1 aromatic carbocycles. The summed E-state index contributed by atoms with van der Waals surface area (Å²) in [4.78, 5) is 13.8. The average Bonchev–Trinajstić information content (AvgIpc) is 2.56. The molecule has 0 saturated carbocycles. The third kappa shape index (κ3) is 3.92. The second kappa shape index (κ2) is 7.15. The number of halogens is 1. The van der Waals surface area contributed by atoms with Gasteiger partial charge in [0.15, 0.2) is 0 Å². The van der Waals surface area contributed by atoms with Crippen molar-refractivity contribution in [3.63, 3.8) is 0 Å². The van der Waals surface area contributed by atoms with E-state index in [2.05, 4.69) is 32.0 Å². The van der Waals surface area contributed by atoms with Gasteiger partial charge in [0.2, 0.25) is 0 Å². The summed E-state index contributed by atoms with van der Waals surface area (Å²) in [5.74, 6) is 2.51. The van der Waals surface area contributed by atoms with Crippen LogP contribution in [0.4, 0.5) is 17.3 Å². The summed E-state index contributed by atoms with van der Waals surface area (Å²) in [7, 11) is 0. The van der Waals surface area contributed by atoms with Crippen molar-refractivity contribution in [2.45, 2.75) is 13.8 Å². The van der Waals surface area contributed by atoms with Crippen molar-refractivity contribution in [2.75, 3.05) is 42.9 Å². The number of nitrogens with one attached hydrogen (secondary N) is 1. The molecule has 1 N–H and O–H groups in total. The van der Waals surface area contributed by atoms with Crippen molar-refractivity contribution in [1.82, 2.24) is 14.9 Å². The van der Waals surface area contributed by atoms with E-state index in [0.717, 1.165) is 55.9 Å². The number of anilines is 3. The summed E-state index contributed by atoms with van der Waals surface area (Å²) >= 11 is 6.21. The van der Waals surface area contributed by atoms with Crippen LogP contribution in [-0.2, 0) is 0 Å². The Balaban J connectivity index is 1.78. The fraction of sp³-hybridized carbons (Fsp3) is 0.412. The molecule has 0 unspecified atom stereocenters. The zero-order valence-electron chi connectivity index (χ0n) is 13.6. The van der Waals surface area contributed by atoms with E-state index in [0.29, 0.717) is 5.02 Å². The summed E-state index contributed by atoms with van der Waals surface area (Å²) in [6.45, 7) is 9.38. The lowest BCUT2D eigenvalue weighted by Crippen LogP contribution is -2.46. The zero-order valence-corrected chi connectivity index (χ0v) is 14.3. The summed E-state index contributed by atoms with van der Waals surface area (Å²) in [5.41, 5.74) is 0.856. The Morgan fingerprint density at radius 2 is 1.87 bits per heavy atom. The van der Waals surface area contributed by atoms with Crippen LogP contribution in [0.5, 0.6) is 0 Å². The predicted octanol–water partition coefficient (Wildman–Crippen LogP) is 3.32. The molecule has 0 bridgehead atoms. The zero-order chi connectivity index (χ0) is 16.2. The van der Waals surface area contributed by atoms with E-state index in [4.69, 9.17) is 11.6 Å². The highest BCUT2D eigenvalue weighted by molar-refractivity contribution is 6.33. The van der Waals surface area contributed by atoms with Crippen LogP contribution < -0.4 is 10.2 Å². The molecule has 0 aliphatic carbocycles. The quantitative estimate of drug-likeness (QED) is 0.931. The molecule has 0 radical (unpaired) electrons. The number of nitrogens with zero attached hydrogens (tertiary/aromatic N) is 4. The number of hydrogen-bond donors (Lipinski definition) is 1. The molecule has 6 heteroatoms. The molecular weight excluding hydrogens is 310 g/mol. The number of aryl methyl sites for hydroxylation is 1. The molecule has 0 amide bonds. The smallest absolute Gasteiger partial charge is 0.136 e. The van der Waals surface area contributed by atoms with Crippen LogP contribution in [0.2, 0.25) is 5.02 Å². The first kappa shape index (κ1) is 16.0. The molecule has 1 aliphatic heterocycles. The molecule has 2 aromatic rings. The van der Waals surface area contributed by atoms with Gasteiger partial charge in [-0.2, -0.15) is 0 Å². The lowest BCUT2D eigenvalue weighted by Gasteiger charge is -2.34. The first-order valence-electron chi connectivity index (χ1n) is 8.00. The van der Waals surface area contributed by atoms with Crippen LogP contribution in [0.1, 0.15) is 12.7 Å². The van der Waals surface area contributed by atoms with E-state index in [9.17, 15) is 0 Å². The van der Waals surface area contributed by atoms with Crippen molar-refractivity contribution >= 4 is 28.9 Å². The molecule has 5 nitrogen and oxygen atoms in total. The maximum Gasteiger partial charge on any atom is 0.136 e. The van der Waals surface area contributed by atoms with E-state index >= 15 is 0 Å². The Morgan fingerprint density at radius 1 is 1.13 bits per heavy atom. The van der Waals surface area contributed by atoms with E-state index in [-0.39, 0.29) is 0 Å². The molecule has 122 valence electrons. The normalized spacial score (nSPS) is 15.7. The third-order valence-electron chi connectivity index (χ3n) is 4.10. The Morgan fingerprint density at radius 3 is 2.57 bits per heavy atom. The second-order valence-corrected chi connectivity index (χ2v) is 6.09. The second-order valence-electron chi connectivity index (χ2n) is 5.68. The SMILES string of the molecule is CCN1CCN(c2cc(Nc3ccccc3Cl)nc(C)n2)CC1. The van der Waals surface area contributed by atoms with Gasteiger partial charge in [0, 0.05) is 32.2 Å². The molecule has 0 atom stereocenters. The highest BCUT2D eigenvalue weighted by atomic mass is 35.5. The molecule has 1 saturated heterocycles. The monoisotopic (exact) mass is 331 g/mol. The van der Waals surface area contributed by atoms with Crippen molar-refractivity contribution in [3.8, 4) is 0 Å². The standard InChI is InChI=1S/C17H22ClN5/c1-3-22-8-10-23(11-9-22)17-12-16(19-13(2)20-17)21-15-7-5-4-6-14(15)18/h4-7,12H,3,8-11H2,1-2H3,(H,19,20,21). The molecule has 1 fully saturated rings. The van der Waals surface area contributed by atoms with Crippen LogP contribution >= 0.6 is 11.6 Å². The fourth-order valence-corrected chi connectivity index (χ4v) is 2.95. The number of aromatic nitrogens is 2. The van der Waals surface area contributed by atoms with Crippen molar-refractivity contribution in [2.24, 2.45) is 0 Å². The first-order chi connectivity index (χ1) is 11.2. The lowest BCUT2D eigenvalue weighted by atomic mass is 10.3. The minimum Gasteiger partial charge on any atom is -0.354 e. The predicted molar refractivity (Wildman–Crippen MR) is 95.8 cm³/mol. The molecular formula is C17H22ClN5.